The maximum absolute atomic E-state index is 12.8. The van der Waals surface area contributed by atoms with Crippen LogP contribution in [0, 0.1) is 0 Å². The summed E-state index contributed by atoms with van der Waals surface area (Å²) in [5.74, 6) is -0.799. The van der Waals surface area contributed by atoms with Gasteiger partial charge in [0.15, 0.2) is 0 Å². The van der Waals surface area contributed by atoms with E-state index in [2.05, 4.69) is 10.3 Å². The van der Waals surface area contributed by atoms with Gasteiger partial charge in [-0.3, -0.25) is 19.3 Å². The quantitative estimate of drug-likeness (QED) is 0.657. The summed E-state index contributed by atoms with van der Waals surface area (Å²) in [4.78, 5) is 43.1. The zero-order chi connectivity index (χ0) is 20.5. The van der Waals surface area contributed by atoms with Gasteiger partial charge in [0.1, 0.15) is 18.4 Å². The highest BCUT2D eigenvalue weighted by atomic mass is 35.5. The van der Waals surface area contributed by atoms with E-state index in [0.717, 1.165) is 10.5 Å². The number of fused-ring (bicyclic) bond motifs is 1. The van der Waals surface area contributed by atoms with Gasteiger partial charge >= 0.3 is 0 Å². The average Bonchev–Trinajstić information content (AvgIpc) is 3.24. The number of amides is 3. The summed E-state index contributed by atoms with van der Waals surface area (Å²) in [6.07, 6.45) is 3.41. The van der Waals surface area contributed by atoms with E-state index in [0.29, 0.717) is 22.0 Å². The maximum Gasteiger partial charge on any atom is 0.262 e. The van der Waals surface area contributed by atoms with Crippen LogP contribution in [0.4, 0.5) is 0 Å². The zero-order valence-electron chi connectivity index (χ0n) is 15.5. The second-order valence-electron chi connectivity index (χ2n) is 6.69. The molecule has 146 valence electrons. The fourth-order valence-corrected chi connectivity index (χ4v) is 3.47. The van der Waals surface area contributed by atoms with Gasteiger partial charge < -0.3 is 9.88 Å². The van der Waals surface area contributed by atoms with E-state index >= 15 is 0 Å². The molecule has 0 radical (unpaired) electrons. The number of imidazole rings is 1. The summed E-state index contributed by atoms with van der Waals surface area (Å²) in [7, 11) is 1.82. The molecular formula is C21H17ClN4O3. The van der Waals surface area contributed by atoms with Crippen molar-refractivity contribution in [2.75, 3.05) is 6.54 Å². The first-order valence-corrected chi connectivity index (χ1v) is 9.31. The Labute approximate surface area is 171 Å². The molecule has 2 heterocycles. The van der Waals surface area contributed by atoms with Gasteiger partial charge in [-0.25, -0.2) is 4.98 Å². The molecule has 3 amide bonds. The molecule has 7 nitrogen and oxygen atoms in total. The number of carbonyl (C=O) groups is 3. The van der Waals surface area contributed by atoms with Crippen molar-refractivity contribution >= 4 is 29.3 Å². The fraction of sp³-hybridized carbons (Fsp3) is 0.143. The molecule has 4 rings (SSSR count). The second kappa shape index (κ2) is 7.52. The number of hydrogen-bond acceptors (Lipinski definition) is 4. The van der Waals surface area contributed by atoms with Crippen molar-refractivity contribution in [2.24, 2.45) is 7.05 Å². The van der Waals surface area contributed by atoms with Gasteiger partial charge in [0.2, 0.25) is 5.91 Å². The van der Waals surface area contributed by atoms with Crippen molar-refractivity contribution < 1.29 is 14.4 Å². The lowest BCUT2D eigenvalue weighted by atomic mass is 10.1. The molecule has 0 spiro atoms. The number of rotatable bonds is 5. The first-order chi connectivity index (χ1) is 14.0. The number of halogens is 1. The number of aromatic nitrogens is 2. The van der Waals surface area contributed by atoms with Crippen LogP contribution in [0.5, 0.6) is 0 Å². The fourth-order valence-electron chi connectivity index (χ4n) is 3.34. The number of benzene rings is 2. The van der Waals surface area contributed by atoms with Gasteiger partial charge in [0.05, 0.1) is 11.1 Å². The highest BCUT2D eigenvalue weighted by molar-refractivity contribution is 6.30. The molecule has 1 atom stereocenters. The van der Waals surface area contributed by atoms with Crippen LogP contribution in [0.15, 0.2) is 60.9 Å². The summed E-state index contributed by atoms with van der Waals surface area (Å²) in [6, 6.07) is 13.0. The summed E-state index contributed by atoms with van der Waals surface area (Å²) in [5.41, 5.74) is 1.40. The summed E-state index contributed by atoms with van der Waals surface area (Å²) in [6.45, 7) is -0.374. The minimum atomic E-state index is -0.560. The Balaban J connectivity index is 1.56. The standard InChI is InChI=1S/C21H17ClN4O3/c1-25-11-10-23-19(25)18(13-6-8-14(22)9-7-13)24-17(27)12-26-20(28)15-4-2-3-5-16(15)21(26)29/h2-11,18H,12H2,1H3,(H,24,27). The number of nitrogens with zero attached hydrogens (tertiary/aromatic N) is 3. The molecule has 0 bridgehead atoms. The summed E-state index contributed by atoms with van der Waals surface area (Å²) >= 11 is 5.98. The van der Waals surface area contributed by atoms with E-state index < -0.39 is 23.8 Å². The van der Waals surface area contributed by atoms with E-state index in [1.807, 2.05) is 7.05 Å². The highest BCUT2D eigenvalue weighted by Gasteiger charge is 2.36. The molecule has 1 N–H and O–H groups in total. The first kappa shape index (κ1) is 18.9. The summed E-state index contributed by atoms with van der Waals surface area (Å²) in [5, 5.41) is 3.45. The molecule has 2 aromatic carbocycles. The Morgan fingerprint density at radius 1 is 1.07 bits per heavy atom. The van der Waals surface area contributed by atoms with Gasteiger partial charge in [-0.05, 0) is 29.8 Å². The molecular weight excluding hydrogens is 392 g/mol. The lowest BCUT2D eigenvalue weighted by Crippen LogP contribution is -2.42. The predicted molar refractivity (Wildman–Crippen MR) is 106 cm³/mol. The third-order valence-electron chi connectivity index (χ3n) is 4.81. The smallest absolute Gasteiger partial charge is 0.262 e. The van der Waals surface area contributed by atoms with Gasteiger partial charge in [0.25, 0.3) is 11.8 Å². The van der Waals surface area contributed by atoms with Gasteiger partial charge in [0, 0.05) is 24.5 Å². The maximum atomic E-state index is 12.8. The molecule has 0 fully saturated rings. The van der Waals surface area contributed by atoms with Crippen LogP contribution in [0.25, 0.3) is 0 Å². The normalized spacial score (nSPS) is 14.1. The lowest BCUT2D eigenvalue weighted by Gasteiger charge is -2.21. The van der Waals surface area contributed by atoms with Crippen molar-refractivity contribution in [3.05, 3.63) is 88.5 Å². The monoisotopic (exact) mass is 408 g/mol. The van der Waals surface area contributed by atoms with Crippen LogP contribution in [0.1, 0.15) is 38.1 Å². The number of nitrogens with one attached hydrogen (secondary N) is 1. The SMILES string of the molecule is Cn1ccnc1C(NC(=O)CN1C(=O)c2ccccc2C1=O)c1ccc(Cl)cc1. The molecule has 1 aliphatic rings. The molecule has 0 saturated carbocycles. The van der Waals surface area contributed by atoms with Crippen LogP contribution in [0.2, 0.25) is 5.02 Å². The summed E-state index contributed by atoms with van der Waals surface area (Å²) < 4.78 is 1.79. The third-order valence-corrected chi connectivity index (χ3v) is 5.06. The van der Waals surface area contributed by atoms with Crippen LogP contribution in [0.3, 0.4) is 0 Å². The van der Waals surface area contributed by atoms with Crippen LogP contribution in [-0.4, -0.2) is 38.7 Å². The van der Waals surface area contributed by atoms with Gasteiger partial charge in [-0.1, -0.05) is 35.9 Å². The van der Waals surface area contributed by atoms with Crippen molar-refractivity contribution in [1.29, 1.82) is 0 Å². The largest absolute Gasteiger partial charge is 0.341 e. The third kappa shape index (κ3) is 3.52. The van der Waals surface area contributed by atoms with Crippen LogP contribution >= 0.6 is 11.6 Å². The minimum absolute atomic E-state index is 0.309. The van der Waals surface area contributed by atoms with Crippen molar-refractivity contribution in [1.82, 2.24) is 19.8 Å². The van der Waals surface area contributed by atoms with E-state index in [1.165, 1.54) is 0 Å². The molecule has 0 saturated heterocycles. The average molecular weight is 409 g/mol. The van der Waals surface area contributed by atoms with Crippen molar-refractivity contribution in [2.45, 2.75) is 6.04 Å². The minimum Gasteiger partial charge on any atom is -0.341 e. The number of imide groups is 1. The van der Waals surface area contributed by atoms with Crippen LogP contribution < -0.4 is 5.32 Å². The highest BCUT2D eigenvalue weighted by Crippen LogP contribution is 2.24. The first-order valence-electron chi connectivity index (χ1n) is 8.93. The Morgan fingerprint density at radius 2 is 1.69 bits per heavy atom. The zero-order valence-corrected chi connectivity index (χ0v) is 16.3. The number of hydrogen-bond donors (Lipinski definition) is 1. The molecule has 1 aromatic heterocycles. The van der Waals surface area contributed by atoms with Crippen molar-refractivity contribution in [3.63, 3.8) is 0 Å². The Morgan fingerprint density at radius 3 is 2.24 bits per heavy atom. The van der Waals surface area contributed by atoms with E-state index in [-0.39, 0.29) is 6.54 Å². The molecule has 3 aromatic rings. The molecule has 1 unspecified atom stereocenters. The van der Waals surface area contributed by atoms with E-state index in [4.69, 9.17) is 11.6 Å². The van der Waals surface area contributed by atoms with Crippen LogP contribution in [-0.2, 0) is 11.8 Å². The Hall–Kier alpha value is -3.45. The Bertz CT molecular complexity index is 1070. The van der Waals surface area contributed by atoms with E-state index in [1.54, 1.807) is 65.5 Å². The molecule has 1 aliphatic heterocycles. The lowest BCUT2D eigenvalue weighted by molar-refractivity contribution is -0.122. The molecule has 8 heteroatoms. The van der Waals surface area contributed by atoms with E-state index in [9.17, 15) is 14.4 Å². The Kier molecular flexibility index (Phi) is 4.90. The molecule has 0 aliphatic carbocycles. The predicted octanol–water partition coefficient (Wildman–Crippen LogP) is 2.58. The molecule has 29 heavy (non-hydrogen) atoms. The number of aryl methyl sites for hydroxylation is 1. The number of carbonyl (C=O) groups excluding carboxylic acids is 3. The second-order valence-corrected chi connectivity index (χ2v) is 7.13. The van der Waals surface area contributed by atoms with Crippen molar-refractivity contribution in [3.8, 4) is 0 Å². The van der Waals surface area contributed by atoms with Gasteiger partial charge in [-0.15, -0.1) is 0 Å². The topological polar surface area (TPSA) is 84.3 Å². The van der Waals surface area contributed by atoms with Gasteiger partial charge in [-0.2, -0.15) is 0 Å².